The van der Waals surface area contributed by atoms with Gasteiger partial charge in [0, 0.05) is 12.5 Å². The maximum Gasteiger partial charge on any atom is 0.175 e. The maximum absolute atomic E-state index is 4.32. The molecule has 112 valence electrons. The van der Waals surface area contributed by atoms with E-state index in [9.17, 15) is 0 Å². The van der Waals surface area contributed by atoms with Crippen LogP contribution < -0.4 is 5.32 Å². The number of hydrogen-bond acceptors (Lipinski definition) is 4. The lowest BCUT2D eigenvalue weighted by Gasteiger charge is -2.16. The van der Waals surface area contributed by atoms with Gasteiger partial charge in [0.05, 0.1) is 7.05 Å². The zero-order valence-corrected chi connectivity index (χ0v) is 12.8. The Balaban J connectivity index is 1.63. The molecule has 21 heavy (non-hydrogen) atoms. The van der Waals surface area contributed by atoms with Crippen molar-refractivity contribution < 1.29 is 0 Å². The molecule has 3 rings (SSSR count). The monoisotopic (exact) mass is 285 g/mol. The molecule has 0 spiro atoms. The number of tetrazole rings is 1. The molecule has 0 bridgehead atoms. The number of hydrogen-bond donors (Lipinski definition) is 1. The Hall–Kier alpha value is -1.75. The van der Waals surface area contributed by atoms with Crippen molar-refractivity contribution in [2.45, 2.75) is 38.6 Å². The van der Waals surface area contributed by atoms with E-state index < -0.39 is 0 Å². The third-order valence-corrected chi connectivity index (χ3v) is 3.94. The first-order chi connectivity index (χ1) is 10.2. The van der Waals surface area contributed by atoms with Crippen molar-refractivity contribution in [1.82, 2.24) is 25.5 Å². The summed E-state index contributed by atoms with van der Waals surface area (Å²) in [6, 6.07) is 9.55. The first kappa shape index (κ1) is 14.2. The van der Waals surface area contributed by atoms with Crippen LogP contribution in [0, 0.1) is 12.8 Å². The molecular weight excluding hydrogens is 262 g/mol. The third-order valence-electron chi connectivity index (χ3n) is 3.94. The quantitative estimate of drug-likeness (QED) is 0.841. The first-order valence-corrected chi connectivity index (χ1v) is 7.71. The van der Waals surface area contributed by atoms with E-state index in [0.29, 0.717) is 5.92 Å². The average molecular weight is 285 g/mol. The molecule has 1 heterocycles. The molecule has 1 aliphatic rings. The Morgan fingerprint density at radius 3 is 2.62 bits per heavy atom. The SMILES string of the molecule is Cc1ccc(CC(CNC2CC2)Cc2nnn(C)n2)cc1. The molecule has 0 radical (unpaired) electrons. The van der Waals surface area contributed by atoms with Crippen molar-refractivity contribution in [2.24, 2.45) is 13.0 Å². The summed E-state index contributed by atoms with van der Waals surface area (Å²) in [6.45, 7) is 3.15. The lowest BCUT2D eigenvalue weighted by Crippen LogP contribution is -2.27. The standard InChI is InChI=1S/C16H23N5/c1-12-3-5-13(6-4-12)9-14(11-17-15-7-8-15)10-16-18-20-21(2)19-16/h3-6,14-15,17H,7-11H2,1-2H3. The minimum absolute atomic E-state index is 0.512. The van der Waals surface area contributed by atoms with Crippen LogP contribution in [0.4, 0.5) is 0 Å². The zero-order valence-electron chi connectivity index (χ0n) is 12.8. The van der Waals surface area contributed by atoms with Crippen molar-refractivity contribution in [1.29, 1.82) is 0 Å². The van der Waals surface area contributed by atoms with Crippen LogP contribution in [-0.4, -0.2) is 32.8 Å². The van der Waals surface area contributed by atoms with E-state index in [1.54, 1.807) is 0 Å². The van der Waals surface area contributed by atoms with Gasteiger partial charge in [0.25, 0.3) is 0 Å². The summed E-state index contributed by atoms with van der Waals surface area (Å²) in [5, 5.41) is 16.0. The van der Waals surface area contributed by atoms with Gasteiger partial charge >= 0.3 is 0 Å². The number of nitrogens with one attached hydrogen (secondary N) is 1. The van der Waals surface area contributed by atoms with Gasteiger partial charge in [-0.05, 0) is 49.4 Å². The maximum atomic E-state index is 4.32. The van der Waals surface area contributed by atoms with Crippen molar-refractivity contribution in [3.8, 4) is 0 Å². The van der Waals surface area contributed by atoms with Gasteiger partial charge in [0.1, 0.15) is 0 Å². The second-order valence-corrected chi connectivity index (χ2v) is 6.14. The van der Waals surface area contributed by atoms with Crippen LogP contribution in [0.25, 0.3) is 0 Å². The Labute approximate surface area is 125 Å². The molecule has 1 atom stereocenters. The molecule has 0 saturated heterocycles. The van der Waals surface area contributed by atoms with Crippen LogP contribution in [0.15, 0.2) is 24.3 Å². The number of aryl methyl sites for hydroxylation is 2. The van der Waals surface area contributed by atoms with Gasteiger partial charge in [-0.25, -0.2) is 0 Å². The Bertz CT molecular complexity index is 571. The summed E-state index contributed by atoms with van der Waals surface area (Å²) in [5.41, 5.74) is 2.69. The van der Waals surface area contributed by atoms with E-state index in [1.807, 2.05) is 7.05 Å². The van der Waals surface area contributed by atoms with Gasteiger partial charge in [-0.2, -0.15) is 4.80 Å². The molecular formula is C16H23N5. The fourth-order valence-electron chi connectivity index (χ4n) is 2.56. The Morgan fingerprint density at radius 1 is 1.24 bits per heavy atom. The highest BCUT2D eigenvalue weighted by atomic mass is 15.6. The molecule has 1 aliphatic carbocycles. The largest absolute Gasteiger partial charge is 0.314 e. The fraction of sp³-hybridized carbons (Fsp3) is 0.562. The second-order valence-electron chi connectivity index (χ2n) is 6.14. The fourth-order valence-corrected chi connectivity index (χ4v) is 2.56. The zero-order chi connectivity index (χ0) is 14.7. The summed E-state index contributed by atoms with van der Waals surface area (Å²) >= 11 is 0. The van der Waals surface area contributed by atoms with Gasteiger partial charge in [-0.15, -0.1) is 10.2 Å². The Kier molecular flexibility index (Phi) is 4.29. The topological polar surface area (TPSA) is 55.6 Å². The second kappa shape index (κ2) is 6.35. The number of rotatable bonds is 7. The minimum Gasteiger partial charge on any atom is -0.314 e. The number of aromatic nitrogens is 4. The summed E-state index contributed by atoms with van der Waals surface area (Å²) in [4.78, 5) is 1.53. The minimum atomic E-state index is 0.512. The van der Waals surface area contributed by atoms with Crippen LogP contribution in [0.3, 0.4) is 0 Å². The predicted molar refractivity (Wildman–Crippen MR) is 81.9 cm³/mol. The summed E-state index contributed by atoms with van der Waals surface area (Å²) in [5.74, 6) is 1.35. The molecule has 5 heteroatoms. The third kappa shape index (κ3) is 4.36. The highest BCUT2D eigenvalue weighted by Crippen LogP contribution is 2.20. The van der Waals surface area contributed by atoms with Crippen LogP contribution in [-0.2, 0) is 19.9 Å². The molecule has 1 unspecified atom stereocenters. The Morgan fingerprint density at radius 2 is 2.00 bits per heavy atom. The van der Waals surface area contributed by atoms with E-state index in [2.05, 4.69) is 51.9 Å². The summed E-state index contributed by atoms with van der Waals surface area (Å²) in [6.07, 6.45) is 4.57. The lowest BCUT2D eigenvalue weighted by atomic mass is 9.95. The van der Waals surface area contributed by atoms with Gasteiger partial charge in [-0.3, -0.25) is 0 Å². The van der Waals surface area contributed by atoms with Crippen molar-refractivity contribution in [3.63, 3.8) is 0 Å². The summed E-state index contributed by atoms with van der Waals surface area (Å²) in [7, 11) is 1.81. The number of nitrogens with zero attached hydrogens (tertiary/aromatic N) is 4. The van der Waals surface area contributed by atoms with E-state index in [4.69, 9.17) is 0 Å². The molecule has 0 aliphatic heterocycles. The van der Waals surface area contributed by atoms with E-state index in [1.165, 1.54) is 28.8 Å². The predicted octanol–water partition coefficient (Wildman–Crippen LogP) is 1.67. The molecule has 1 aromatic heterocycles. The van der Waals surface area contributed by atoms with Gasteiger partial charge in [0.15, 0.2) is 5.82 Å². The molecule has 1 aromatic carbocycles. The molecule has 5 nitrogen and oxygen atoms in total. The van der Waals surface area contributed by atoms with Crippen LogP contribution >= 0.6 is 0 Å². The molecule has 1 saturated carbocycles. The lowest BCUT2D eigenvalue weighted by molar-refractivity contribution is 0.459. The van der Waals surface area contributed by atoms with E-state index >= 15 is 0 Å². The molecule has 1 fully saturated rings. The smallest absolute Gasteiger partial charge is 0.175 e. The molecule has 2 aromatic rings. The highest BCUT2D eigenvalue weighted by molar-refractivity contribution is 5.21. The van der Waals surface area contributed by atoms with Crippen molar-refractivity contribution in [3.05, 3.63) is 41.2 Å². The van der Waals surface area contributed by atoms with E-state index in [0.717, 1.165) is 31.3 Å². The highest BCUT2D eigenvalue weighted by Gasteiger charge is 2.22. The van der Waals surface area contributed by atoms with Gasteiger partial charge in [0.2, 0.25) is 0 Å². The normalized spacial score (nSPS) is 16.1. The number of benzene rings is 1. The molecule has 1 N–H and O–H groups in total. The molecule has 0 amide bonds. The van der Waals surface area contributed by atoms with Crippen LogP contribution in [0.1, 0.15) is 29.8 Å². The van der Waals surface area contributed by atoms with Gasteiger partial charge in [-0.1, -0.05) is 29.8 Å². The van der Waals surface area contributed by atoms with Crippen LogP contribution in [0.5, 0.6) is 0 Å². The van der Waals surface area contributed by atoms with E-state index in [-0.39, 0.29) is 0 Å². The van der Waals surface area contributed by atoms with Crippen LogP contribution in [0.2, 0.25) is 0 Å². The van der Waals surface area contributed by atoms with Gasteiger partial charge < -0.3 is 5.32 Å². The average Bonchev–Trinajstić information content (AvgIpc) is 3.21. The van der Waals surface area contributed by atoms with Crippen molar-refractivity contribution in [2.75, 3.05) is 6.54 Å². The summed E-state index contributed by atoms with van der Waals surface area (Å²) < 4.78 is 0. The van der Waals surface area contributed by atoms with Crippen molar-refractivity contribution >= 4 is 0 Å². The first-order valence-electron chi connectivity index (χ1n) is 7.71.